The Morgan fingerprint density at radius 3 is 2.79 bits per heavy atom. The summed E-state index contributed by atoms with van der Waals surface area (Å²) in [5.74, 6) is -1.30. The van der Waals surface area contributed by atoms with Gasteiger partial charge in [0.25, 0.3) is 0 Å². The normalized spacial score (nSPS) is 14.2. The number of nitrogens with one attached hydrogen (secondary N) is 2. The summed E-state index contributed by atoms with van der Waals surface area (Å²) < 4.78 is 0. The lowest BCUT2D eigenvalue weighted by Crippen LogP contribution is -2.27. The number of nitrogens with zero attached hydrogens (tertiary/aromatic N) is 1. The highest BCUT2D eigenvalue weighted by molar-refractivity contribution is 8.00. The van der Waals surface area contributed by atoms with Gasteiger partial charge in [-0.25, -0.2) is 9.59 Å². The van der Waals surface area contributed by atoms with E-state index >= 15 is 0 Å². The number of aromatic nitrogens is 2. The Labute approximate surface area is 112 Å². The second-order valence-corrected chi connectivity index (χ2v) is 5.25. The van der Waals surface area contributed by atoms with Crippen LogP contribution in [0.3, 0.4) is 0 Å². The molecule has 0 spiro atoms. The number of amides is 1. The average Bonchev–Trinajstić information content (AvgIpc) is 3.08. The van der Waals surface area contributed by atoms with E-state index in [1.807, 2.05) is 0 Å². The van der Waals surface area contributed by atoms with Crippen molar-refractivity contribution < 1.29 is 14.7 Å². The third kappa shape index (κ3) is 3.57. The van der Waals surface area contributed by atoms with Gasteiger partial charge in [-0.05, 0) is 19.8 Å². The first-order valence-corrected chi connectivity index (χ1v) is 6.72. The summed E-state index contributed by atoms with van der Waals surface area (Å²) in [4.78, 5) is 39.8. The third-order valence-corrected chi connectivity index (χ3v) is 3.56. The fraction of sp³-hybridized carbons (Fsp3) is 0.455. The number of hydrogen-bond acceptors (Lipinski definition) is 5. The van der Waals surface area contributed by atoms with Crippen LogP contribution in [0.1, 0.15) is 28.9 Å². The van der Waals surface area contributed by atoms with Gasteiger partial charge in [-0.15, -0.1) is 0 Å². The van der Waals surface area contributed by atoms with E-state index in [9.17, 15) is 14.4 Å². The number of H-pyrrole nitrogens is 1. The largest absolute Gasteiger partial charge is 0.478 e. The molecule has 0 aliphatic heterocycles. The van der Waals surface area contributed by atoms with Crippen LogP contribution < -0.4 is 11.0 Å². The molecule has 1 heterocycles. The van der Waals surface area contributed by atoms with Gasteiger partial charge in [-0.3, -0.25) is 4.79 Å². The number of aromatic carboxylic acids is 1. The number of carboxylic acids is 1. The van der Waals surface area contributed by atoms with E-state index in [1.54, 1.807) is 0 Å². The van der Waals surface area contributed by atoms with E-state index in [0.29, 0.717) is 0 Å². The molecule has 1 saturated carbocycles. The quantitative estimate of drug-likeness (QED) is 0.523. The van der Waals surface area contributed by atoms with Crippen molar-refractivity contribution >= 4 is 23.6 Å². The van der Waals surface area contributed by atoms with E-state index in [1.165, 1.54) is 6.92 Å². The predicted octanol–water partition coefficient (Wildman–Crippen LogP) is 0.147. The topological polar surface area (TPSA) is 112 Å². The Bertz CT molecular complexity index is 580. The molecule has 1 amide bonds. The summed E-state index contributed by atoms with van der Waals surface area (Å²) in [6.07, 6.45) is 1.97. The molecule has 1 aliphatic rings. The highest BCUT2D eigenvalue weighted by atomic mass is 32.2. The summed E-state index contributed by atoms with van der Waals surface area (Å²) in [6, 6.07) is 0.251. The van der Waals surface area contributed by atoms with Crippen LogP contribution in [0.2, 0.25) is 0 Å². The minimum absolute atomic E-state index is 0.0483. The Balaban J connectivity index is 2.11. The molecule has 3 N–H and O–H groups in total. The number of carbonyl (C=O) groups is 2. The lowest BCUT2D eigenvalue weighted by molar-refractivity contribution is -0.118. The first-order chi connectivity index (χ1) is 8.97. The highest BCUT2D eigenvalue weighted by Gasteiger charge is 2.24. The Morgan fingerprint density at radius 2 is 2.21 bits per heavy atom. The van der Waals surface area contributed by atoms with E-state index in [2.05, 4.69) is 15.3 Å². The molecular formula is C11H13N3O4S. The maximum atomic E-state index is 11.5. The SMILES string of the molecule is Cc1[nH]c(=O)nc(SCC(=O)NC2CC2)c1C(=O)O. The lowest BCUT2D eigenvalue weighted by atomic mass is 10.2. The zero-order chi connectivity index (χ0) is 14.0. The number of carboxylic acid groups (broad SMARTS) is 1. The van der Waals surface area contributed by atoms with Crippen LogP contribution >= 0.6 is 11.8 Å². The average molecular weight is 283 g/mol. The number of carbonyl (C=O) groups excluding carboxylic acids is 1. The van der Waals surface area contributed by atoms with Gasteiger partial charge in [0.15, 0.2) is 0 Å². The first kappa shape index (κ1) is 13.6. The van der Waals surface area contributed by atoms with Crippen molar-refractivity contribution in [3.63, 3.8) is 0 Å². The third-order valence-electron chi connectivity index (χ3n) is 2.58. The minimum Gasteiger partial charge on any atom is -0.478 e. The van der Waals surface area contributed by atoms with Gasteiger partial charge < -0.3 is 15.4 Å². The van der Waals surface area contributed by atoms with E-state index < -0.39 is 11.7 Å². The number of hydrogen-bond donors (Lipinski definition) is 3. The maximum Gasteiger partial charge on any atom is 0.346 e. The van der Waals surface area contributed by atoms with Gasteiger partial charge in [-0.2, -0.15) is 4.98 Å². The second-order valence-electron chi connectivity index (χ2n) is 4.28. The van der Waals surface area contributed by atoms with Crippen LogP contribution in [0.4, 0.5) is 0 Å². The molecule has 1 fully saturated rings. The summed E-state index contributed by atoms with van der Waals surface area (Å²) >= 11 is 0.958. The second kappa shape index (κ2) is 5.43. The predicted molar refractivity (Wildman–Crippen MR) is 68.4 cm³/mol. The maximum absolute atomic E-state index is 11.5. The van der Waals surface area contributed by atoms with Crippen molar-refractivity contribution in [3.8, 4) is 0 Å². The number of aromatic amines is 1. The molecule has 1 aromatic heterocycles. The summed E-state index contributed by atoms with van der Waals surface area (Å²) in [5.41, 5.74) is -0.450. The number of aryl methyl sites for hydroxylation is 1. The van der Waals surface area contributed by atoms with Crippen molar-refractivity contribution in [1.82, 2.24) is 15.3 Å². The molecule has 0 radical (unpaired) electrons. The van der Waals surface area contributed by atoms with Gasteiger partial charge in [0.05, 0.1) is 5.75 Å². The Hall–Kier alpha value is -1.83. The minimum atomic E-state index is -1.17. The molecule has 1 aromatic rings. The van der Waals surface area contributed by atoms with Gasteiger partial charge in [0, 0.05) is 11.7 Å². The number of thioether (sulfide) groups is 1. The molecule has 0 bridgehead atoms. The summed E-state index contributed by atoms with van der Waals surface area (Å²) in [7, 11) is 0. The molecule has 102 valence electrons. The standard InChI is InChI=1S/C11H13N3O4S/c1-5-8(10(16)17)9(14-11(18)12-5)19-4-7(15)13-6-2-3-6/h6H,2-4H2,1H3,(H,13,15)(H,16,17)(H,12,14,18). The molecule has 0 unspecified atom stereocenters. The zero-order valence-corrected chi connectivity index (χ0v) is 11.0. The molecule has 2 rings (SSSR count). The molecule has 1 aliphatic carbocycles. The smallest absolute Gasteiger partial charge is 0.346 e. The molecular weight excluding hydrogens is 270 g/mol. The van der Waals surface area contributed by atoms with Crippen molar-refractivity contribution in [3.05, 3.63) is 21.7 Å². The fourth-order valence-corrected chi connectivity index (χ4v) is 2.43. The molecule has 7 nitrogen and oxygen atoms in total. The Morgan fingerprint density at radius 1 is 1.53 bits per heavy atom. The molecule has 0 atom stereocenters. The van der Waals surface area contributed by atoms with Crippen LogP contribution in [0, 0.1) is 6.92 Å². The van der Waals surface area contributed by atoms with Gasteiger partial charge in [0.2, 0.25) is 5.91 Å². The van der Waals surface area contributed by atoms with Gasteiger partial charge in [0.1, 0.15) is 10.6 Å². The molecule has 0 saturated heterocycles. The van der Waals surface area contributed by atoms with Crippen molar-refractivity contribution in [1.29, 1.82) is 0 Å². The van der Waals surface area contributed by atoms with Crippen LogP contribution in [-0.4, -0.2) is 38.7 Å². The van der Waals surface area contributed by atoms with Crippen LogP contribution in [0.25, 0.3) is 0 Å². The van der Waals surface area contributed by atoms with Crippen molar-refractivity contribution in [2.75, 3.05) is 5.75 Å². The molecule has 0 aromatic carbocycles. The lowest BCUT2D eigenvalue weighted by Gasteiger charge is -2.07. The summed E-state index contributed by atoms with van der Waals surface area (Å²) in [6.45, 7) is 1.49. The molecule has 19 heavy (non-hydrogen) atoms. The van der Waals surface area contributed by atoms with E-state index in [0.717, 1.165) is 24.6 Å². The van der Waals surface area contributed by atoms with Crippen LogP contribution in [-0.2, 0) is 4.79 Å². The van der Waals surface area contributed by atoms with Gasteiger partial charge >= 0.3 is 11.7 Å². The van der Waals surface area contributed by atoms with Gasteiger partial charge in [-0.1, -0.05) is 11.8 Å². The van der Waals surface area contributed by atoms with E-state index in [4.69, 9.17) is 5.11 Å². The Kier molecular flexibility index (Phi) is 3.89. The number of rotatable bonds is 5. The van der Waals surface area contributed by atoms with Crippen LogP contribution in [0.15, 0.2) is 9.82 Å². The van der Waals surface area contributed by atoms with Crippen molar-refractivity contribution in [2.24, 2.45) is 0 Å². The van der Waals surface area contributed by atoms with Crippen LogP contribution in [0.5, 0.6) is 0 Å². The van der Waals surface area contributed by atoms with Crippen molar-refractivity contribution in [2.45, 2.75) is 30.8 Å². The fourth-order valence-electron chi connectivity index (χ4n) is 1.55. The zero-order valence-electron chi connectivity index (χ0n) is 10.2. The summed E-state index contributed by atoms with van der Waals surface area (Å²) in [5, 5.41) is 11.9. The highest BCUT2D eigenvalue weighted by Crippen LogP contribution is 2.22. The molecule has 8 heteroatoms. The monoisotopic (exact) mass is 283 g/mol. The first-order valence-electron chi connectivity index (χ1n) is 5.73. The van der Waals surface area contributed by atoms with E-state index in [-0.39, 0.29) is 34.0 Å².